The molecule has 1 aliphatic carbocycles. The molecule has 0 bridgehead atoms. The van der Waals surface area contributed by atoms with Crippen LogP contribution in [0.4, 0.5) is 0 Å². The summed E-state index contributed by atoms with van der Waals surface area (Å²) in [6.07, 6.45) is 4.49. The third-order valence-electron chi connectivity index (χ3n) is 4.99. The smallest absolute Gasteiger partial charge is 0.253 e. The molecule has 29 heavy (non-hydrogen) atoms. The Hall–Kier alpha value is -2.15. The number of nitrogens with one attached hydrogen (secondary N) is 1. The van der Waals surface area contributed by atoms with Crippen LogP contribution in [-0.4, -0.2) is 48.0 Å². The van der Waals surface area contributed by atoms with Crippen molar-refractivity contribution in [1.29, 1.82) is 0 Å². The molecule has 0 saturated heterocycles. The number of amides is 1. The molecule has 2 atom stereocenters. The minimum absolute atomic E-state index is 0.225. The Morgan fingerprint density at radius 3 is 2.72 bits per heavy atom. The van der Waals surface area contributed by atoms with Crippen LogP contribution in [-0.2, 0) is 4.74 Å². The zero-order chi connectivity index (χ0) is 20.6. The Morgan fingerprint density at radius 2 is 2.00 bits per heavy atom. The highest BCUT2D eigenvalue weighted by Gasteiger charge is 2.25. The Bertz CT molecular complexity index is 813. The number of pyridine rings is 1. The van der Waals surface area contributed by atoms with Crippen LogP contribution in [0.15, 0.2) is 36.5 Å². The molecular weight excluding hydrogens is 392 g/mol. The van der Waals surface area contributed by atoms with E-state index in [0.717, 1.165) is 24.8 Å². The van der Waals surface area contributed by atoms with Crippen molar-refractivity contribution in [3.63, 3.8) is 0 Å². The van der Waals surface area contributed by atoms with Gasteiger partial charge in [0.25, 0.3) is 5.91 Å². The maximum atomic E-state index is 12.8. The number of halogens is 1. The first-order valence-corrected chi connectivity index (χ1v) is 10.4. The summed E-state index contributed by atoms with van der Waals surface area (Å²) >= 11 is 6.01. The van der Waals surface area contributed by atoms with Crippen LogP contribution >= 0.6 is 11.6 Å². The third-order valence-corrected chi connectivity index (χ3v) is 5.24. The van der Waals surface area contributed by atoms with Gasteiger partial charge in [0.1, 0.15) is 6.61 Å². The highest BCUT2D eigenvalue weighted by molar-refractivity contribution is 6.30. The van der Waals surface area contributed by atoms with Gasteiger partial charge in [-0.1, -0.05) is 36.6 Å². The van der Waals surface area contributed by atoms with Crippen LogP contribution < -0.4 is 10.1 Å². The van der Waals surface area contributed by atoms with E-state index in [4.69, 9.17) is 21.1 Å². The summed E-state index contributed by atoms with van der Waals surface area (Å²) < 4.78 is 11.1. The molecule has 2 N–H and O–H groups in total. The summed E-state index contributed by atoms with van der Waals surface area (Å²) in [6.45, 7) is 3.36. The zero-order valence-electron chi connectivity index (χ0n) is 16.6. The van der Waals surface area contributed by atoms with E-state index < -0.39 is 6.10 Å². The van der Waals surface area contributed by atoms with Gasteiger partial charge in [0.2, 0.25) is 5.88 Å². The lowest BCUT2D eigenvalue weighted by Crippen LogP contribution is -2.45. The van der Waals surface area contributed by atoms with Crippen molar-refractivity contribution in [2.75, 3.05) is 19.8 Å². The standard InChI is InChI=1S/C22H27ClN2O4/c1-2-28-11-12-29-22-18(15-7-9-17(23)10-8-15)13-16(14-24-22)21(27)25-19-5-3-4-6-20(19)26/h7-10,13-14,19-20,26H,2-6,11-12H2,1H3,(H,25,27)/t19?,20-/m1/s1. The summed E-state index contributed by atoms with van der Waals surface area (Å²) in [6, 6.07) is 8.83. The minimum Gasteiger partial charge on any atom is -0.475 e. The number of rotatable bonds is 8. The first-order chi connectivity index (χ1) is 14.1. The van der Waals surface area contributed by atoms with Crippen molar-refractivity contribution in [2.45, 2.75) is 44.8 Å². The van der Waals surface area contributed by atoms with Gasteiger partial charge in [-0.15, -0.1) is 0 Å². The first kappa shape index (κ1) is 21.6. The number of hydrogen-bond acceptors (Lipinski definition) is 5. The number of hydrogen-bond donors (Lipinski definition) is 2. The maximum Gasteiger partial charge on any atom is 0.253 e. The summed E-state index contributed by atoms with van der Waals surface area (Å²) in [4.78, 5) is 17.1. The first-order valence-electron chi connectivity index (χ1n) is 10.0. The topological polar surface area (TPSA) is 80.7 Å². The van der Waals surface area contributed by atoms with E-state index in [9.17, 15) is 9.90 Å². The monoisotopic (exact) mass is 418 g/mol. The molecule has 1 saturated carbocycles. The zero-order valence-corrected chi connectivity index (χ0v) is 17.3. The van der Waals surface area contributed by atoms with E-state index in [1.165, 1.54) is 6.20 Å². The van der Waals surface area contributed by atoms with Crippen LogP contribution in [0.1, 0.15) is 43.0 Å². The molecule has 1 aromatic carbocycles. The fourth-order valence-electron chi connectivity index (χ4n) is 3.40. The lowest BCUT2D eigenvalue weighted by Gasteiger charge is -2.28. The molecule has 0 spiro atoms. The number of ether oxygens (including phenoxy) is 2. The normalized spacial score (nSPS) is 19.0. The van der Waals surface area contributed by atoms with Gasteiger partial charge in [-0.05, 0) is 43.5 Å². The summed E-state index contributed by atoms with van der Waals surface area (Å²) in [5.41, 5.74) is 1.97. The van der Waals surface area contributed by atoms with Gasteiger partial charge < -0.3 is 19.9 Å². The molecule has 0 aliphatic heterocycles. The van der Waals surface area contributed by atoms with Crippen LogP contribution in [0.2, 0.25) is 5.02 Å². The van der Waals surface area contributed by atoms with Crippen molar-refractivity contribution < 1.29 is 19.4 Å². The third kappa shape index (κ3) is 5.92. The van der Waals surface area contributed by atoms with Crippen LogP contribution in [0.5, 0.6) is 5.88 Å². The Kier molecular flexibility index (Phi) is 7.86. The van der Waals surface area contributed by atoms with Gasteiger partial charge in [0.05, 0.1) is 24.3 Å². The van der Waals surface area contributed by atoms with E-state index in [2.05, 4.69) is 10.3 Å². The SMILES string of the molecule is CCOCCOc1ncc(C(=O)NC2CCCC[C@H]2O)cc1-c1ccc(Cl)cc1. The average Bonchev–Trinajstić information content (AvgIpc) is 2.73. The van der Waals surface area contributed by atoms with Gasteiger partial charge in [-0.25, -0.2) is 4.98 Å². The summed E-state index contributed by atoms with van der Waals surface area (Å²) in [7, 11) is 0. The Labute approximate surface area is 176 Å². The highest BCUT2D eigenvalue weighted by atomic mass is 35.5. The molecule has 1 fully saturated rings. The molecule has 7 heteroatoms. The van der Waals surface area contributed by atoms with Crippen LogP contribution in [0.25, 0.3) is 11.1 Å². The minimum atomic E-state index is -0.502. The molecule has 0 radical (unpaired) electrons. The van der Waals surface area contributed by atoms with Crippen molar-refractivity contribution in [3.05, 3.63) is 47.1 Å². The number of aromatic nitrogens is 1. The molecule has 1 aliphatic rings. The van der Waals surface area contributed by atoms with Crippen molar-refractivity contribution in [1.82, 2.24) is 10.3 Å². The Morgan fingerprint density at radius 1 is 1.24 bits per heavy atom. The van der Waals surface area contributed by atoms with Crippen LogP contribution in [0.3, 0.4) is 0 Å². The molecular formula is C22H27ClN2O4. The number of aliphatic hydroxyl groups is 1. The quantitative estimate of drug-likeness (QED) is 0.636. The predicted octanol–water partition coefficient (Wildman–Crippen LogP) is 3.85. The maximum absolute atomic E-state index is 12.8. The second-order valence-electron chi connectivity index (χ2n) is 7.06. The molecule has 1 unspecified atom stereocenters. The predicted molar refractivity (Wildman–Crippen MR) is 112 cm³/mol. The van der Waals surface area contributed by atoms with E-state index in [-0.39, 0.29) is 11.9 Å². The lowest BCUT2D eigenvalue weighted by atomic mass is 9.92. The van der Waals surface area contributed by atoms with Gasteiger partial charge >= 0.3 is 0 Å². The molecule has 3 rings (SSSR count). The number of carbonyl (C=O) groups is 1. The number of benzene rings is 1. The summed E-state index contributed by atoms with van der Waals surface area (Å²) in [5, 5.41) is 13.7. The van der Waals surface area contributed by atoms with Crippen LogP contribution in [0, 0.1) is 0 Å². The lowest BCUT2D eigenvalue weighted by molar-refractivity contribution is 0.0717. The Balaban J connectivity index is 1.81. The van der Waals surface area contributed by atoms with Gasteiger partial charge in [-0.2, -0.15) is 0 Å². The molecule has 156 valence electrons. The van der Waals surface area contributed by atoms with Crippen molar-refractivity contribution in [2.24, 2.45) is 0 Å². The van der Waals surface area contributed by atoms with E-state index >= 15 is 0 Å². The van der Waals surface area contributed by atoms with Crippen molar-refractivity contribution >= 4 is 17.5 Å². The van der Waals surface area contributed by atoms with E-state index in [1.807, 2.05) is 19.1 Å². The van der Waals surface area contributed by atoms with E-state index in [1.54, 1.807) is 18.2 Å². The van der Waals surface area contributed by atoms with Gasteiger partial charge in [0.15, 0.2) is 0 Å². The summed E-state index contributed by atoms with van der Waals surface area (Å²) in [5.74, 6) is 0.181. The highest BCUT2D eigenvalue weighted by Crippen LogP contribution is 2.30. The average molecular weight is 419 g/mol. The molecule has 2 aromatic rings. The van der Waals surface area contributed by atoms with Crippen molar-refractivity contribution in [3.8, 4) is 17.0 Å². The molecule has 1 heterocycles. The molecule has 6 nitrogen and oxygen atoms in total. The second kappa shape index (κ2) is 10.6. The van der Waals surface area contributed by atoms with E-state index in [0.29, 0.717) is 48.3 Å². The largest absolute Gasteiger partial charge is 0.475 e. The molecule has 1 amide bonds. The number of nitrogens with zero attached hydrogens (tertiary/aromatic N) is 1. The van der Waals surface area contributed by atoms with Gasteiger partial charge in [-0.3, -0.25) is 4.79 Å². The molecule has 1 aromatic heterocycles. The van der Waals surface area contributed by atoms with Gasteiger partial charge in [0, 0.05) is 23.4 Å². The fourth-order valence-corrected chi connectivity index (χ4v) is 3.53. The number of carbonyl (C=O) groups excluding carboxylic acids is 1. The number of aliphatic hydroxyl groups excluding tert-OH is 1. The fraction of sp³-hybridized carbons (Fsp3) is 0.455. The second-order valence-corrected chi connectivity index (χ2v) is 7.50.